The number of hydrogen-bond acceptors (Lipinski definition) is 4. The van der Waals surface area contributed by atoms with Crippen molar-refractivity contribution in [3.05, 3.63) is 42.4 Å². The van der Waals surface area contributed by atoms with Crippen molar-refractivity contribution in [3.8, 4) is 5.88 Å². The molecule has 8 heteroatoms. The van der Waals surface area contributed by atoms with Gasteiger partial charge < -0.3 is 15.4 Å². The molecule has 0 aliphatic rings. The lowest BCUT2D eigenvalue weighted by Crippen LogP contribution is -2.38. The number of hydrogen-bond donors (Lipinski definition) is 2. The Morgan fingerprint density at radius 3 is 2.81 bits per heavy atom. The normalized spacial score (nSPS) is 11.0. The summed E-state index contributed by atoms with van der Waals surface area (Å²) in [6, 6.07) is 5.87. The lowest BCUT2D eigenvalue weighted by molar-refractivity contribution is 0.294. The molecule has 0 unspecified atom stereocenters. The van der Waals surface area contributed by atoms with Crippen molar-refractivity contribution >= 4 is 29.9 Å². The van der Waals surface area contributed by atoms with Crippen LogP contribution < -0.4 is 15.4 Å². The van der Waals surface area contributed by atoms with E-state index < -0.39 is 0 Å². The van der Waals surface area contributed by atoms with Crippen molar-refractivity contribution in [2.24, 2.45) is 4.99 Å². The molecule has 27 heavy (non-hydrogen) atoms. The first-order chi connectivity index (χ1) is 12.8. The summed E-state index contributed by atoms with van der Waals surface area (Å²) in [5.41, 5.74) is 0.998. The van der Waals surface area contributed by atoms with Gasteiger partial charge >= 0.3 is 0 Å². The molecule has 2 heterocycles. The second kappa shape index (κ2) is 14.2. The van der Waals surface area contributed by atoms with Crippen molar-refractivity contribution in [3.63, 3.8) is 0 Å². The molecule has 2 rings (SSSR count). The van der Waals surface area contributed by atoms with Crippen LogP contribution in [0.2, 0.25) is 0 Å². The number of ether oxygens (including phenoxy) is 1. The number of nitrogens with one attached hydrogen (secondary N) is 2. The van der Waals surface area contributed by atoms with Gasteiger partial charge in [-0.3, -0.25) is 4.68 Å². The predicted molar refractivity (Wildman–Crippen MR) is 120 cm³/mol. The van der Waals surface area contributed by atoms with E-state index in [2.05, 4.69) is 39.6 Å². The number of nitrogens with zero attached hydrogens (tertiary/aromatic N) is 4. The van der Waals surface area contributed by atoms with Gasteiger partial charge in [-0.15, -0.1) is 24.0 Å². The topological polar surface area (TPSA) is 76.4 Å². The minimum atomic E-state index is 0. The average molecular weight is 486 g/mol. The summed E-state index contributed by atoms with van der Waals surface area (Å²) < 4.78 is 7.71. The van der Waals surface area contributed by atoms with Crippen molar-refractivity contribution in [1.82, 2.24) is 25.4 Å². The van der Waals surface area contributed by atoms with Crippen LogP contribution in [0, 0.1) is 0 Å². The third-order valence-corrected chi connectivity index (χ3v) is 3.75. The van der Waals surface area contributed by atoms with Crippen molar-refractivity contribution < 1.29 is 4.74 Å². The van der Waals surface area contributed by atoms with Gasteiger partial charge in [0.2, 0.25) is 5.88 Å². The number of rotatable bonds is 11. The molecule has 0 saturated heterocycles. The van der Waals surface area contributed by atoms with Crippen LogP contribution >= 0.6 is 24.0 Å². The number of halogens is 1. The smallest absolute Gasteiger partial charge is 0.218 e. The first-order valence-corrected chi connectivity index (χ1v) is 9.39. The predicted octanol–water partition coefficient (Wildman–Crippen LogP) is 3.22. The third-order valence-electron chi connectivity index (χ3n) is 3.75. The largest absolute Gasteiger partial charge is 0.477 e. The van der Waals surface area contributed by atoms with E-state index in [9.17, 15) is 0 Å². The van der Waals surface area contributed by atoms with E-state index in [-0.39, 0.29) is 24.0 Å². The Morgan fingerprint density at radius 2 is 2.07 bits per heavy atom. The van der Waals surface area contributed by atoms with Crippen LogP contribution in [0.15, 0.2) is 41.8 Å². The molecular formula is C19H31IN6O. The molecule has 2 aromatic heterocycles. The van der Waals surface area contributed by atoms with Gasteiger partial charge in [-0.1, -0.05) is 19.4 Å². The van der Waals surface area contributed by atoms with E-state index in [1.54, 1.807) is 12.4 Å². The number of aryl methyl sites for hydroxylation is 1. The number of aromatic nitrogens is 3. The van der Waals surface area contributed by atoms with E-state index in [0.717, 1.165) is 50.4 Å². The van der Waals surface area contributed by atoms with Gasteiger partial charge in [-0.25, -0.2) is 9.98 Å². The zero-order valence-electron chi connectivity index (χ0n) is 16.2. The van der Waals surface area contributed by atoms with E-state index in [1.807, 2.05) is 29.1 Å². The van der Waals surface area contributed by atoms with Gasteiger partial charge in [0, 0.05) is 43.8 Å². The van der Waals surface area contributed by atoms with E-state index in [1.165, 1.54) is 0 Å². The molecule has 0 amide bonds. The summed E-state index contributed by atoms with van der Waals surface area (Å²) in [6.07, 6.45) is 8.64. The van der Waals surface area contributed by atoms with Gasteiger partial charge in [-0.05, 0) is 31.9 Å². The van der Waals surface area contributed by atoms with Crippen LogP contribution in [-0.2, 0) is 13.1 Å². The standard InChI is InChI=1S/C19H30N6O.HI/c1-3-5-15-26-18-17(9-6-10-21-18)16-23-19(20-4-2)22-11-7-13-25-14-8-12-24-25;/h6,8-10,12,14H,3-5,7,11,13,15-16H2,1-2H3,(H2,20,22,23);1H. The van der Waals surface area contributed by atoms with Gasteiger partial charge in [0.15, 0.2) is 5.96 Å². The van der Waals surface area contributed by atoms with Crippen LogP contribution in [0.3, 0.4) is 0 Å². The SMILES string of the molecule is CCCCOc1ncccc1CN=C(NCC)NCCCn1cccn1.I. The lowest BCUT2D eigenvalue weighted by atomic mass is 10.2. The van der Waals surface area contributed by atoms with Crippen molar-refractivity contribution in [1.29, 1.82) is 0 Å². The first-order valence-electron chi connectivity index (χ1n) is 9.39. The van der Waals surface area contributed by atoms with Gasteiger partial charge in [0.05, 0.1) is 13.2 Å². The van der Waals surface area contributed by atoms with Crippen molar-refractivity contribution in [2.45, 2.75) is 46.2 Å². The van der Waals surface area contributed by atoms with Crippen LogP contribution in [0.5, 0.6) is 5.88 Å². The van der Waals surface area contributed by atoms with E-state index in [0.29, 0.717) is 19.0 Å². The molecule has 0 aromatic carbocycles. The molecule has 0 radical (unpaired) electrons. The van der Waals surface area contributed by atoms with Crippen molar-refractivity contribution in [2.75, 3.05) is 19.7 Å². The minimum Gasteiger partial charge on any atom is -0.477 e. The summed E-state index contributed by atoms with van der Waals surface area (Å²) in [5.74, 6) is 1.48. The maximum absolute atomic E-state index is 5.78. The summed E-state index contributed by atoms with van der Waals surface area (Å²) in [6.45, 7) is 7.96. The minimum absolute atomic E-state index is 0. The number of pyridine rings is 1. The van der Waals surface area contributed by atoms with E-state index >= 15 is 0 Å². The Balaban J connectivity index is 0.00000364. The quantitative estimate of drug-likeness (QED) is 0.221. The highest BCUT2D eigenvalue weighted by atomic mass is 127. The van der Waals surface area contributed by atoms with Crippen LogP contribution in [-0.4, -0.2) is 40.4 Å². The third kappa shape index (κ3) is 9.07. The van der Waals surface area contributed by atoms with Crippen LogP contribution in [0.25, 0.3) is 0 Å². The highest BCUT2D eigenvalue weighted by Gasteiger charge is 2.05. The number of guanidine groups is 1. The fourth-order valence-electron chi connectivity index (χ4n) is 2.37. The molecule has 150 valence electrons. The zero-order chi connectivity index (χ0) is 18.5. The molecule has 0 bridgehead atoms. The van der Waals surface area contributed by atoms with Crippen LogP contribution in [0.1, 0.15) is 38.7 Å². The Morgan fingerprint density at radius 1 is 1.19 bits per heavy atom. The number of aliphatic imine (C=N–C) groups is 1. The second-order valence-corrected chi connectivity index (χ2v) is 5.91. The summed E-state index contributed by atoms with van der Waals surface area (Å²) in [7, 11) is 0. The molecule has 2 N–H and O–H groups in total. The summed E-state index contributed by atoms with van der Waals surface area (Å²) in [5, 5.41) is 10.8. The monoisotopic (exact) mass is 486 g/mol. The molecular weight excluding hydrogens is 455 g/mol. The van der Waals surface area contributed by atoms with Gasteiger partial charge in [0.1, 0.15) is 0 Å². The van der Waals surface area contributed by atoms with Gasteiger partial charge in [0.25, 0.3) is 0 Å². The fraction of sp³-hybridized carbons (Fsp3) is 0.526. The van der Waals surface area contributed by atoms with Gasteiger partial charge in [-0.2, -0.15) is 5.10 Å². The maximum Gasteiger partial charge on any atom is 0.218 e. The number of unbranched alkanes of at least 4 members (excludes halogenated alkanes) is 1. The molecule has 0 saturated carbocycles. The second-order valence-electron chi connectivity index (χ2n) is 5.91. The Kier molecular flexibility index (Phi) is 12.2. The first kappa shape index (κ1) is 23.2. The molecule has 7 nitrogen and oxygen atoms in total. The maximum atomic E-state index is 5.78. The Bertz CT molecular complexity index is 647. The molecule has 2 aromatic rings. The molecule has 0 fully saturated rings. The molecule has 0 aliphatic carbocycles. The van der Waals surface area contributed by atoms with Crippen LogP contribution in [0.4, 0.5) is 0 Å². The zero-order valence-corrected chi connectivity index (χ0v) is 18.6. The average Bonchev–Trinajstić information content (AvgIpc) is 3.18. The lowest BCUT2D eigenvalue weighted by Gasteiger charge is -2.12. The fourth-order valence-corrected chi connectivity index (χ4v) is 2.37. The molecule has 0 spiro atoms. The summed E-state index contributed by atoms with van der Waals surface area (Å²) >= 11 is 0. The highest BCUT2D eigenvalue weighted by Crippen LogP contribution is 2.15. The Hall–Kier alpha value is -1.84. The highest BCUT2D eigenvalue weighted by molar-refractivity contribution is 14.0. The van der Waals surface area contributed by atoms with E-state index in [4.69, 9.17) is 4.74 Å². The Labute approximate surface area is 179 Å². The molecule has 0 atom stereocenters. The summed E-state index contributed by atoms with van der Waals surface area (Å²) in [4.78, 5) is 9.00. The molecule has 0 aliphatic heterocycles.